The third-order valence-electron chi connectivity index (χ3n) is 7.41. The molecular formula is C26H16F3NO4. The monoisotopic (exact) mass is 463 g/mol. The zero-order valence-electron chi connectivity index (χ0n) is 17.4. The van der Waals surface area contributed by atoms with E-state index in [-0.39, 0.29) is 0 Å². The van der Waals surface area contributed by atoms with Crippen molar-refractivity contribution in [1.29, 1.82) is 0 Å². The van der Waals surface area contributed by atoms with E-state index in [2.05, 4.69) is 0 Å². The molecule has 7 rings (SSSR count). The number of anilines is 1. The number of carbonyl (C=O) groups excluding carboxylic acids is 2. The summed E-state index contributed by atoms with van der Waals surface area (Å²) in [5, 5.41) is 10.6. The molecule has 1 aliphatic heterocycles. The highest BCUT2D eigenvalue weighted by atomic mass is 19.4. The number of aliphatic carboxylic acids is 1. The van der Waals surface area contributed by atoms with Crippen LogP contribution in [0.5, 0.6) is 0 Å². The van der Waals surface area contributed by atoms with Crippen LogP contribution in [-0.2, 0) is 26.0 Å². The maximum absolute atomic E-state index is 13.8. The molecule has 0 spiro atoms. The number of alkyl halides is 3. The maximum Gasteiger partial charge on any atom is 0.418 e. The number of para-hydroxylation sites is 1. The van der Waals surface area contributed by atoms with Gasteiger partial charge in [-0.15, -0.1) is 0 Å². The molecule has 4 aliphatic rings. The van der Waals surface area contributed by atoms with Crippen LogP contribution < -0.4 is 4.90 Å². The number of halogens is 3. The number of rotatable bonds is 2. The molecule has 3 aromatic rings. The highest BCUT2D eigenvalue weighted by Crippen LogP contribution is 2.64. The number of hydrogen-bond donors (Lipinski definition) is 1. The highest BCUT2D eigenvalue weighted by molar-refractivity contribution is 6.25. The van der Waals surface area contributed by atoms with E-state index in [9.17, 15) is 32.7 Å². The van der Waals surface area contributed by atoms with E-state index in [1.54, 1.807) is 48.5 Å². The lowest BCUT2D eigenvalue weighted by molar-refractivity contribution is -0.149. The van der Waals surface area contributed by atoms with Gasteiger partial charge in [-0.1, -0.05) is 60.7 Å². The largest absolute Gasteiger partial charge is 0.480 e. The molecule has 1 fully saturated rings. The Kier molecular flexibility index (Phi) is 3.98. The van der Waals surface area contributed by atoms with Crippen LogP contribution in [0.4, 0.5) is 18.9 Å². The van der Waals surface area contributed by atoms with Crippen LogP contribution in [0, 0.1) is 11.8 Å². The Morgan fingerprint density at radius 1 is 0.824 bits per heavy atom. The molecule has 5 nitrogen and oxygen atoms in total. The Morgan fingerprint density at radius 3 is 1.91 bits per heavy atom. The van der Waals surface area contributed by atoms with Gasteiger partial charge >= 0.3 is 12.1 Å². The van der Waals surface area contributed by atoms with Crippen LogP contribution in [0.1, 0.15) is 33.7 Å². The molecular weight excluding hydrogens is 447 g/mol. The first-order valence-electron chi connectivity index (χ1n) is 10.7. The fourth-order valence-electron chi connectivity index (χ4n) is 6.28. The Bertz CT molecular complexity index is 1370. The van der Waals surface area contributed by atoms with Gasteiger partial charge in [0.05, 0.1) is 23.1 Å². The summed E-state index contributed by atoms with van der Waals surface area (Å²) in [7, 11) is 0. The van der Waals surface area contributed by atoms with Gasteiger partial charge in [-0.25, -0.2) is 4.90 Å². The summed E-state index contributed by atoms with van der Waals surface area (Å²) >= 11 is 0. The van der Waals surface area contributed by atoms with Crippen LogP contribution >= 0.6 is 0 Å². The van der Waals surface area contributed by atoms with Gasteiger partial charge in [0.1, 0.15) is 5.41 Å². The van der Waals surface area contributed by atoms with Crippen LogP contribution in [0.25, 0.3) is 0 Å². The minimum atomic E-state index is -4.81. The van der Waals surface area contributed by atoms with Crippen LogP contribution in [-0.4, -0.2) is 22.9 Å². The number of amides is 2. The molecule has 170 valence electrons. The van der Waals surface area contributed by atoms with E-state index in [1.165, 1.54) is 12.1 Å². The van der Waals surface area contributed by atoms with Crippen molar-refractivity contribution >= 4 is 23.5 Å². The molecule has 0 unspecified atom stereocenters. The average molecular weight is 463 g/mol. The van der Waals surface area contributed by atoms with Gasteiger partial charge in [0.25, 0.3) is 0 Å². The first-order valence-corrected chi connectivity index (χ1v) is 10.7. The first-order chi connectivity index (χ1) is 16.2. The van der Waals surface area contributed by atoms with Crippen molar-refractivity contribution in [3.8, 4) is 0 Å². The Labute approximate surface area is 191 Å². The van der Waals surface area contributed by atoms with Crippen molar-refractivity contribution in [2.45, 2.75) is 17.5 Å². The quantitative estimate of drug-likeness (QED) is 0.574. The average Bonchev–Trinajstić information content (AvgIpc) is 3.09. The van der Waals surface area contributed by atoms with E-state index in [0.717, 1.165) is 12.1 Å². The van der Waals surface area contributed by atoms with Crippen LogP contribution in [0.3, 0.4) is 0 Å². The molecule has 1 heterocycles. The van der Waals surface area contributed by atoms with E-state index in [0.29, 0.717) is 27.2 Å². The normalized spacial score (nSPS) is 26.8. The topological polar surface area (TPSA) is 74.7 Å². The standard InChI is InChI=1S/C26H16F3NO4/c27-26(28,29)17-11-5-6-12-18(17)30-22(31)20-19-13-7-1-3-9-15(13)25(24(33)34,21(20)23(30)32)16-10-4-2-8-14(16)19/h1-12,19-21H,(H,33,34)/t19?,20-,21-,25?/m0/s1. The third-order valence-corrected chi connectivity index (χ3v) is 7.41. The number of imide groups is 1. The summed E-state index contributed by atoms with van der Waals surface area (Å²) < 4.78 is 41.3. The molecule has 0 saturated carbocycles. The van der Waals surface area contributed by atoms with Crippen LogP contribution in [0.15, 0.2) is 72.8 Å². The zero-order chi connectivity index (χ0) is 24.0. The lowest BCUT2D eigenvalue weighted by Crippen LogP contribution is -2.57. The van der Waals surface area contributed by atoms with E-state index in [4.69, 9.17) is 0 Å². The van der Waals surface area contributed by atoms with Crippen molar-refractivity contribution in [2.75, 3.05) is 4.90 Å². The van der Waals surface area contributed by atoms with Gasteiger partial charge < -0.3 is 5.11 Å². The molecule has 0 aromatic heterocycles. The molecule has 1 saturated heterocycles. The fraction of sp³-hybridized carbons (Fsp3) is 0.192. The molecule has 34 heavy (non-hydrogen) atoms. The molecule has 0 radical (unpaired) electrons. The number of hydrogen-bond acceptors (Lipinski definition) is 3. The Hall–Kier alpha value is -3.94. The number of nitrogens with zero attached hydrogens (tertiary/aromatic N) is 1. The highest BCUT2D eigenvalue weighted by Gasteiger charge is 2.71. The zero-order valence-corrected chi connectivity index (χ0v) is 17.4. The lowest BCUT2D eigenvalue weighted by atomic mass is 9.47. The number of carboxylic acid groups (broad SMARTS) is 1. The minimum absolute atomic E-state index is 0.402. The van der Waals surface area contributed by atoms with E-state index in [1.807, 2.05) is 0 Å². The second-order valence-electron chi connectivity index (χ2n) is 8.80. The first kappa shape index (κ1) is 20.7. The second kappa shape index (κ2) is 6.56. The summed E-state index contributed by atoms with van der Waals surface area (Å²) in [6, 6.07) is 17.9. The summed E-state index contributed by atoms with van der Waals surface area (Å²) in [6.45, 7) is 0. The molecule has 2 atom stereocenters. The van der Waals surface area contributed by atoms with Gasteiger partial charge in [-0.2, -0.15) is 13.2 Å². The van der Waals surface area contributed by atoms with Crippen molar-refractivity contribution in [3.63, 3.8) is 0 Å². The maximum atomic E-state index is 13.8. The number of carboxylic acids is 1. The predicted molar refractivity (Wildman–Crippen MR) is 114 cm³/mol. The summed E-state index contributed by atoms with van der Waals surface area (Å²) in [5.74, 6) is -6.19. The van der Waals surface area contributed by atoms with E-state index >= 15 is 0 Å². The number of carbonyl (C=O) groups is 3. The number of benzene rings is 3. The summed E-state index contributed by atoms with van der Waals surface area (Å²) in [4.78, 5) is 41.2. The molecule has 2 amide bonds. The van der Waals surface area contributed by atoms with E-state index < -0.39 is 58.4 Å². The predicted octanol–water partition coefficient (Wildman–Crippen LogP) is 4.34. The van der Waals surface area contributed by atoms with Gasteiger partial charge in [0, 0.05) is 5.92 Å². The second-order valence-corrected chi connectivity index (χ2v) is 8.80. The summed E-state index contributed by atoms with van der Waals surface area (Å²) in [5.41, 5.74) is -1.57. The fourth-order valence-corrected chi connectivity index (χ4v) is 6.28. The third kappa shape index (κ3) is 2.27. The smallest absolute Gasteiger partial charge is 0.418 e. The van der Waals surface area contributed by atoms with Crippen molar-refractivity contribution in [2.24, 2.45) is 11.8 Å². The van der Waals surface area contributed by atoms with Crippen molar-refractivity contribution in [3.05, 3.63) is 101 Å². The minimum Gasteiger partial charge on any atom is -0.480 e. The molecule has 8 heteroatoms. The SMILES string of the molecule is O=C1[C@@H]2[C@@H](C(=O)N1c1ccccc1C(F)(F)F)C1c3ccccc3C2(C(=O)O)c2ccccc21. The Balaban J connectivity index is 1.66. The molecule has 2 bridgehead atoms. The lowest BCUT2D eigenvalue weighted by Gasteiger charge is -2.51. The molecule has 3 aromatic carbocycles. The molecule has 1 N–H and O–H groups in total. The Morgan fingerprint density at radius 2 is 1.35 bits per heavy atom. The van der Waals surface area contributed by atoms with Gasteiger partial charge in [-0.3, -0.25) is 14.4 Å². The van der Waals surface area contributed by atoms with Crippen molar-refractivity contribution < 1.29 is 32.7 Å². The van der Waals surface area contributed by atoms with Crippen LogP contribution in [0.2, 0.25) is 0 Å². The van der Waals surface area contributed by atoms with Gasteiger partial charge in [-0.05, 0) is 34.4 Å². The summed E-state index contributed by atoms with van der Waals surface area (Å²) in [6.07, 6.45) is -4.81. The van der Waals surface area contributed by atoms with Crippen molar-refractivity contribution in [1.82, 2.24) is 0 Å². The van der Waals surface area contributed by atoms with Gasteiger partial charge in [0.15, 0.2) is 0 Å². The van der Waals surface area contributed by atoms with Gasteiger partial charge in [0.2, 0.25) is 11.8 Å². The molecule has 3 aliphatic carbocycles.